The van der Waals surface area contributed by atoms with E-state index in [1.54, 1.807) is 13.8 Å². The van der Waals surface area contributed by atoms with Crippen LogP contribution in [0.2, 0.25) is 0 Å². The molecule has 1 unspecified atom stereocenters. The van der Waals surface area contributed by atoms with Gasteiger partial charge in [-0.05, 0) is 13.8 Å². The van der Waals surface area contributed by atoms with Crippen LogP contribution in [0.4, 0.5) is 0 Å². The molecule has 1 N–H and O–H groups in total. The monoisotopic (exact) mass is 212 g/mol. The van der Waals surface area contributed by atoms with E-state index in [9.17, 15) is 9.59 Å². The van der Waals surface area contributed by atoms with E-state index in [4.69, 9.17) is 9.84 Å². The minimum absolute atomic E-state index is 0.0915. The van der Waals surface area contributed by atoms with Crippen molar-refractivity contribution in [2.75, 3.05) is 6.61 Å². The Kier molecular flexibility index (Phi) is 3.43. The standard InChI is InChI=1S/C9H12N2O4/c1-3-15-9(14)6(2)11-4-7(8(12)13)10-5-11/h4-6H,3H2,1-2H3,(H,12,13). The van der Waals surface area contributed by atoms with E-state index in [0.29, 0.717) is 6.61 Å². The van der Waals surface area contributed by atoms with Gasteiger partial charge in [0.25, 0.3) is 0 Å². The molecule has 0 spiro atoms. The van der Waals surface area contributed by atoms with Gasteiger partial charge < -0.3 is 14.4 Å². The molecule has 0 aliphatic heterocycles. The Morgan fingerprint density at radius 2 is 2.33 bits per heavy atom. The Hall–Kier alpha value is -1.85. The number of rotatable bonds is 4. The lowest BCUT2D eigenvalue weighted by molar-refractivity contribution is -0.146. The van der Waals surface area contributed by atoms with Crippen molar-refractivity contribution in [3.05, 3.63) is 18.2 Å². The van der Waals surface area contributed by atoms with Gasteiger partial charge in [0.05, 0.1) is 12.9 Å². The van der Waals surface area contributed by atoms with Gasteiger partial charge in [-0.1, -0.05) is 0 Å². The third kappa shape index (κ3) is 2.55. The summed E-state index contributed by atoms with van der Waals surface area (Å²) in [6, 6.07) is -0.564. The van der Waals surface area contributed by atoms with Crippen LogP contribution < -0.4 is 0 Å². The Bertz CT molecular complexity index is 372. The second-order valence-corrected chi connectivity index (χ2v) is 2.94. The first-order valence-electron chi connectivity index (χ1n) is 4.49. The van der Waals surface area contributed by atoms with Crippen LogP contribution in [0.5, 0.6) is 0 Å². The second kappa shape index (κ2) is 4.59. The summed E-state index contributed by atoms with van der Waals surface area (Å²) in [5.74, 6) is -1.53. The van der Waals surface area contributed by atoms with Crippen molar-refractivity contribution in [2.45, 2.75) is 19.9 Å². The van der Waals surface area contributed by atoms with E-state index in [2.05, 4.69) is 4.98 Å². The molecule has 0 aliphatic carbocycles. The number of nitrogens with zero attached hydrogens (tertiary/aromatic N) is 2. The average Bonchev–Trinajstić information content (AvgIpc) is 2.65. The summed E-state index contributed by atoms with van der Waals surface area (Å²) in [5.41, 5.74) is -0.0915. The lowest BCUT2D eigenvalue weighted by Gasteiger charge is -2.10. The molecule has 0 saturated heterocycles. The maximum absolute atomic E-state index is 11.3. The first-order valence-corrected chi connectivity index (χ1v) is 4.49. The molecule has 1 atom stereocenters. The predicted molar refractivity (Wildman–Crippen MR) is 50.5 cm³/mol. The lowest BCUT2D eigenvalue weighted by atomic mass is 10.3. The van der Waals surface area contributed by atoms with Crippen molar-refractivity contribution in [1.82, 2.24) is 9.55 Å². The fraction of sp³-hybridized carbons (Fsp3) is 0.444. The number of hydrogen-bond acceptors (Lipinski definition) is 4. The van der Waals surface area contributed by atoms with Gasteiger partial charge in [0, 0.05) is 6.20 Å². The van der Waals surface area contributed by atoms with Crippen LogP contribution in [0.3, 0.4) is 0 Å². The van der Waals surface area contributed by atoms with Crippen molar-refractivity contribution >= 4 is 11.9 Å². The quantitative estimate of drug-likeness (QED) is 0.743. The number of esters is 1. The van der Waals surface area contributed by atoms with E-state index in [-0.39, 0.29) is 5.69 Å². The van der Waals surface area contributed by atoms with Crippen molar-refractivity contribution in [1.29, 1.82) is 0 Å². The van der Waals surface area contributed by atoms with Crippen molar-refractivity contribution in [2.24, 2.45) is 0 Å². The molecule has 6 nitrogen and oxygen atoms in total. The zero-order valence-corrected chi connectivity index (χ0v) is 8.51. The minimum atomic E-state index is -1.12. The molecule has 15 heavy (non-hydrogen) atoms. The van der Waals surface area contributed by atoms with Gasteiger partial charge >= 0.3 is 11.9 Å². The van der Waals surface area contributed by atoms with E-state index in [1.165, 1.54) is 17.1 Å². The molecule has 1 rings (SSSR count). The van der Waals surface area contributed by atoms with Gasteiger partial charge in [-0.3, -0.25) is 0 Å². The Morgan fingerprint density at radius 1 is 1.67 bits per heavy atom. The summed E-state index contributed by atoms with van der Waals surface area (Å²) < 4.78 is 6.20. The largest absolute Gasteiger partial charge is 0.476 e. The normalized spacial score (nSPS) is 12.1. The number of hydrogen-bond donors (Lipinski definition) is 1. The SMILES string of the molecule is CCOC(=O)C(C)n1cnc(C(=O)O)c1. The van der Waals surface area contributed by atoms with Crippen LogP contribution in [-0.2, 0) is 9.53 Å². The summed E-state index contributed by atoms with van der Waals surface area (Å²) in [6.07, 6.45) is 2.59. The summed E-state index contributed by atoms with van der Waals surface area (Å²) in [5, 5.41) is 8.63. The zero-order valence-electron chi connectivity index (χ0n) is 8.51. The maximum atomic E-state index is 11.3. The van der Waals surface area contributed by atoms with Gasteiger partial charge in [-0.25, -0.2) is 14.6 Å². The molecule has 1 aromatic rings. The number of carbonyl (C=O) groups is 2. The average molecular weight is 212 g/mol. The van der Waals surface area contributed by atoms with E-state index >= 15 is 0 Å². The van der Waals surface area contributed by atoms with Crippen molar-refractivity contribution < 1.29 is 19.4 Å². The molecule has 0 bridgehead atoms. The van der Waals surface area contributed by atoms with E-state index in [1.807, 2.05) is 0 Å². The molecule has 0 radical (unpaired) electrons. The van der Waals surface area contributed by atoms with Gasteiger partial charge in [0.15, 0.2) is 5.69 Å². The number of carbonyl (C=O) groups excluding carboxylic acids is 1. The minimum Gasteiger partial charge on any atom is -0.476 e. The molecule has 6 heteroatoms. The molecule has 1 heterocycles. The molecule has 0 saturated carbocycles. The highest BCUT2D eigenvalue weighted by Crippen LogP contribution is 2.08. The van der Waals surface area contributed by atoms with Gasteiger partial charge in [-0.15, -0.1) is 0 Å². The highest BCUT2D eigenvalue weighted by molar-refractivity contribution is 5.85. The van der Waals surface area contributed by atoms with Crippen molar-refractivity contribution in [3.63, 3.8) is 0 Å². The Morgan fingerprint density at radius 3 is 2.80 bits per heavy atom. The van der Waals surface area contributed by atoms with Crippen LogP contribution in [0, 0.1) is 0 Å². The summed E-state index contributed by atoms with van der Waals surface area (Å²) in [6.45, 7) is 3.62. The predicted octanol–water partition coefficient (Wildman–Crippen LogP) is 0.705. The molecule has 0 amide bonds. The number of aromatic nitrogens is 2. The fourth-order valence-electron chi connectivity index (χ4n) is 1.04. The highest BCUT2D eigenvalue weighted by Gasteiger charge is 2.17. The second-order valence-electron chi connectivity index (χ2n) is 2.94. The molecule has 0 aliphatic rings. The van der Waals surface area contributed by atoms with Crippen LogP contribution in [0.1, 0.15) is 30.4 Å². The van der Waals surface area contributed by atoms with Gasteiger partial charge in [-0.2, -0.15) is 0 Å². The third-order valence-corrected chi connectivity index (χ3v) is 1.90. The number of imidazole rings is 1. The van der Waals surface area contributed by atoms with E-state index in [0.717, 1.165) is 0 Å². The third-order valence-electron chi connectivity index (χ3n) is 1.90. The first-order chi connectivity index (χ1) is 7.06. The van der Waals surface area contributed by atoms with Crippen LogP contribution in [0.25, 0.3) is 0 Å². The smallest absolute Gasteiger partial charge is 0.356 e. The maximum Gasteiger partial charge on any atom is 0.356 e. The van der Waals surface area contributed by atoms with Gasteiger partial charge in [0.1, 0.15) is 6.04 Å². The van der Waals surface area contributed by atoms with Crippen molar-refractivity contribution in [3.8, 4) is 0 Å². The Balaban J connectivity index is 2.78. The number of ether oxygens (including phenoxy) is 1. The van der Waals surface area contributed by atoms with Gasteiger partial charge in [0.2, 0.25) is 0 Å². The van der Waals surface area contributed by atoms with Crippen LogP contribution in [0.15, 0.2) is 12.5 Å². The summed E-state index contributed by atoms with van der Waals surface area (Å²) in [4.78, 5) is 25.5. The summed E-state index contributed by atoms with van der Waals surface area (Å²) >= 11 is 0. The topological polar surface area (TPSA) is 81.4 Å². The number of carboxylic acids is 1. The number of aromatic carboxylic acids is 1. The molecular weight excluding hydrogens is 200 g/mol. The first kappa shape index (κ1) is 11.2. The zero-order chi connectivity index (χ0) is 11.4. The molecule has 1 aromatic heterocycles. The summed E-state index contributed by atoms with van der Waals surface area (Å²) in [7, 11) is 0. The van der Waals surface area contributed by atoms with Crippen LogP contribution >= 0.6 is 0 Å². The lowest BCUT2D eigenvalue weighted by Crippen LogP contribution is -2.18. The molecule has 0 fully saturated rings. The van der Waals surface area contributed by atoms with E-state index < -0.39 is 18.0 Å². The number of carboxylic acid groups (broad SMARTS) is 1. The molecule has 0 aromatic carbocycles. The Labute approximate surface area is 86.5 Å². The highest BCUT2D eigenvalue weighted by atomic mass is 16.5. The molecular formula is C9H12N2O4. The molecule has 82 valence electrons. The van der Waals surface area contributed by atoms with Crippen LogP contribution in [-0.4, -0.2) is 33.2 Å². The fourth-order valence-corrected chi connectivity index (χ4v) is 1.04.